The molecule has 0 radical (unpaired) electrons. The van der Waals surface area contributed by atoms with Crippen LogP contribution >= 0.6 is 0 Å². The van der Waals surface area contributed by atoms with Crippen LogP contribution in [0.5, 0.6) is 0 Å². The van der Waals surface area contributed by atoms with E-state index < -0.39 is 0 Å². The summed E-state index contributed by atoms with van der Waals surface area (Å²) in [6.45, 7) is 5.90. The van der Waals surface area contributed by atoms with Gasteiger partial charge in [-0.1, -0.05) is 30.3 Å². The van der Waals surface area contributed by atoms with Gasteiger partial charge >= 0.3 is 0 Å². The van der Waals surface area contributed by atoms with E-state index in [4.69, 9.17) is 0 Å². The zero-order valence-corrected chi connectivity index (χ0v) is 11.7. The lowest BCUT2D eigenvalue weighted by Crippen LogP contribution is -2.23. The van der Waals surface area contributed by atoms with Gasteiger partial charge in [0, 0.05) is 31.9 Å². The van der Waals surface area contributed by atoms with E-state index in [0.717, 1.165) is 24.6 Å². The molecule has 19 heavy (non-hydrogen) atoms. The second-order valence-corrected chi connectivity index (χ2v) is 4.44. The maximum Gasteiger partial charge on any atom is 0.224 e. The van der Waals surface area contributed by atoms with E-state index in [1.165, 1.54) is 5.56 Å². The number of aromatic nitrogens is 2. The normalized spacial score (nSPS) is 10.3. The minimum Gasteiger partial charge on any atom is -0.357 e. The number of benzene rings is 1. The molecular formula is C15H20N4. The summed E-state index contributed by atoms with van der Waals surface area (Å²) < 4.78 is 0. The lowest BCUT2D eigenvalue weighted by molar-refractivity contribution is 0.809. The molecule has 2 rings (SSSR count). The summed E-state index contributed by atoms with van der Waals surface area (Å²) in [5.74, 6) is 1.63. The van der Waals surface area contributed by atoms with Gasteiger partial charge in [-0.25, -0.2) is 4.98 Å². The van der Waals surface area contributed by atoms with Crippen LogP contribution in [-0.2, 0) is 6.54 Å². The summed E-state index contributed by atoms with van der Waals surface area (Å²) in [7, 11) is 1.84. The van der Waals surface area contributed by atoms with Crippen molar-refractivity contribution in [3.63, 3.8) is 0 Å². The number of hydrogen-bond donors (Lipinski definition) is 1. The zero-order chi connectivity index (χ0) is 13.7. The lowest BCUT2D eigenvalue weighted by Gasteiger charge is -2.22. The largest absolute Gasteiger partial charge is 0.357 e. The van der Waals surface area contributed by atoms with E-state index in [0.29, 0.717) is 5.95 Å². The molecule has 0 aliphatic rings. The molecule has 4 nitrogen and oxygen atoms in total. The molecule has 0 amide bonds. The fraction of sp³-hybridized carbons (Fsp3) is 0.333. The SMILES string of the molecule is CCN(Cc1ccccc1)c1cc(C)nc(NC)n1. The van der Waals surface area contributed by atoms with Crippen molar-refractivity contribution in [1.29, 1.82) is 0 Å². The summed E-state index contributed by atoms with van der Waals surface area (Å²) in [5.41, 5.74) is 2.26. The van der Waals surface area contributed by atoms with Gasteiger partial charge in [0.15, 0.2) is 0 Å². The molecule has 0 aliphatic heterocycles. The average Bonchev–Trinajstić information content (AvgIpc) is 2.45. The molecule has 0 saturated heterocycles. The van der Waals surface area contributed by atoms with Crippen molar-refractivity contribution in [2.24, 2.45) is 0 Å². The smallest absolute Gasteiger partial charge is 0.224 e. The molecular weight excluding hydrogens is 236 g/mol. The Morgan fingerprint density at radius 2 is 1.89 bits per heavy atom. The summed E-state index contributed by atoms with van der Waals surface area (Å²) >= 11 is 0. The molecule has 1 heterocycles. The van der Waals surface area contributed by atoms with E-state index in [1.54, 1.807) is 0 Å². The third-order valence-electron chi connectivity index (χ3n) is 2.99. The van der Waals surface area contributed by atoms with Gasteiger partial charge in [-0.15, -0.1) is 0 Å². The Morgan fingerprint density at radius 1 is 1.16 bits per heavy atom. The van der Waals surface area contributed by atoms with Crippen LogP contribution in [-0.4, -0.2) is 23.6 Å². The second-order valence-electron chi connectivity index (χ2n) is 4.44. The highest BCUT2D eigenvalue weighted by Gasteiger charge is 2.09. The maximum atomic E-state index is 4.52. The van der Waals surface area contributed by atoms with Gasteiger partial charge < -0.3 is 10.2 Å². The molecule has 4 heteroatoms. The van der Waals surface area contributed by atoms with Crippen molar-refractivity contribution in [3.8, 4) is 0 Å². The fourth-order valence-electron chi connectivity index (χ4n) is 1.98. The first-order valence-corrected chi connectivity index (χ1v) is 6.55. The molecule has 0 atom stereocenters. The fourth-order valence-corrected chi connectivity index (χ4v) is 1.98. The van der Waals surface area contributed by atoms with Crippen LogP contribution in [0, 0.1) is 6.92 Å². The summed E-state index contributed by atoms with van der Waals surface area (Å²) in [6.07, 6.45) is 0. The first-order chi connectivity index (χ1) is 9.22. The number of aryl methyl sites for hydroxylation is 1. The molecule has 0 bridgehead atoms. The van der Waals surface area contributed by atoms with Crippen molar-refractivity contribution in [3.05, 3.63) is 47.7 Å². The topological polar surface area (TPSA) is 41.1 Å². The molecule has 0 fully saturated rings. The Morgan fingerprint density at radius 3 is 2.53 bits per heavy atom. The molecule has 0 aliphatic carbocycles. The number of nitrogens with zero attached hydrogens (tertiary/aromatic N) is 3. The first-order valence-electron chi connectivity index (χ1n) is 6.55. The van der Waals surface area contributed by atoms with Crippen LogP contribution < -0.4 is 10.2 Å². The Bertz CT molecular complexity index is 525. The molecule has 0 spiro atoms. The molecule has 1 N–H and O–H groups in total. The third-order valence-corrected chi connectivity index (χ3v) is 2.99. The van der Waals surface area contributed by atoms with Gasteiger partial charge in [0.05, 0.1) is 0 Å². The third kappa shape index (κ3) is 3.44. The second kappa shape index (κ2) is 6.18. The Labute approximate surface area is 114 Å². The van der Waals surface area contributed by atoms with E-state index in [1.807, 2.05) is 26.1 Å². The van der Waals surface area contributed by atoms with Gasteiger partial charge in [-0.3, -0.25) is 0 Å². The molecule has 1 aromatic carbocycles. The number of nitrogens with one attached hydrogen (secondary N) is 1. The molecule has 2 aromatic rings. The molecule has 100 valence electrons. The Kier molecular flexibility index (Phi) is 4.34. The first kappa shape index (κ1) is 13.3. The average molecular weight is 256 g/mol. The van der Waals surface area contributed by atoms with Crippen LogP contribution in [0.4, 0.5) is 11.8 Å². The summed E-state index contributed by atoms with van der Waals surface area (Å²) in [4.78, 5) is 11.1. The van der Waals surface area contributed by atoms with Crippen molar-refractivity contribution >= 4 is 11.8 Å². The highest BCUT2D eigenvalue weighted by Crippen LogP contribution is 2.17. The predicted molar refractivity (Wildman–Crippen MR) is 79.5 cm³/mol. The number of anilines is 2. The van der Waals surface area contributed by atoms with Crippen LogP contribution in [0.1, 0.15) is 18.2 Å². The van der Waals surface area contributed by atoms with Gasteiger partial charge in [-0.05, 0) is 19.4 Å². The molecule has 1 aromatic heterocycles. The van der Waals surface area contributed by atoms with Crippen molar-refractivity contribution in [2.45, 2.75) is 20.4 Å². The lowest BCUT2D eigenvalue weighted by atomic mass is 10.2. The quantitative estimate of drug-likeness (QED) is 0.893. The standard InChI is InChI=1S/C15H20N4/c1-4-19(11-13-8-6-5-7-9-13)14-10-12(2)17-15(16-3)18-14/h5-10H,4,11H2,1-3H3,(H,16,17,18). The molecule has 0 unspecified atom stereocenters. The van der Waals surface area contributed by atoms with Crippen molar-refractivity contribution < 1.29 is 0 Å². The van der Waals surface area contributed by atoms with Crippen molar-refractivity contribution in [1.82, 2.24) is 9.97 Å². The maximum absolute atomic E-state index is 4.52. The van der Waals surface area contributed by atoms with Crippen molar-refractivity contribution in [2.75, 3.05) is 23.8 Å². The van der Waals surface area contributed by atoms with E-state index in [9.17, 15) is 0 Å². The van der Waals surface area contributed by atoms with Gasteiger partial charge in [0.25, 0.3) is 0 Å². The highest BCUT2D eigenvalue weighted by atomic mass is 15.2. The van der Waals surface area contributed by atoms with Gasteiger partial charge in [0.2, 0.25) is 5.95 Å². The number of hydrogen-bond acceptors (Lipinski definition) is 4. The van der Waals surface area contributed by atoms with Gasteiger partial charge in [-0.2, -0.15) is 4.98 Å². The summed E-state index contributed by atoms with van der Waals surface area (Å²) in [6, 6.07) is 12.5. The number of rotatable bonds is 5. The summed E-state index contributed by atoms with van der Waals surface area (Å²) in [5, 5.41) is 3.00. The van der Waals surface area contributed by atoms with Gasteiger partial charge in [0.1, 0.15) is 5.82 Å². The van der Waals surface area contributed by atoms with E-state index >= 15 is 0 Å². The predicted octanol–water partition coefficient (Wildman–Crippen LogP) is 2.85. The monoisotopic (exact) mass is 256 g/mol. The Balaban J connectivity index is 2.24. The van der Waals surface area contributed by atoms with E-state index in [-0.39, 0.29) is 0 Å². The van der Waals surface area contributed by atoms with E-state index in [2.05, 4.69) is 51.4 Å². The minimum atomic E-state index is 0.668. The Hall–Kier alpha value is -2.10. The van der Waals surface area contributed by atoms with Crippen LogP contribution in [0.25, 0.3) is 0 Å². The highest BCUT2D eigenvalue weighted by molar-refractivity contribution is 5.45. The van der Waals surface area contributed by atoms with Crippen LogP contribution in [0.3, 0.4) is 0 Å². The van der Waals surface area contributed by atoms with Crippen LogP contribution in [0.15, 0.2) is 36.4 Å². The molecule has 0 saturated carbocycles. The van der Waals surface area contributed by atoms with Crippen LogP contribution in [0.2, 0.25) is 0 Å². The minimum absolute atomic E-state index is 0.668. The zero-order valence-electron chi connectivity index (χ0n) is 11.7.